The van der Waals surface area contributed by atoms with Gasteiger partial charge in [0, 0.05) is 45.6 Å². The van der Waals surface area contributed by atoms with Crippen molar-refractivity contribution in [2.45, 2.75) is 26.1 Å². The lowest BCUT2D eigenvalue weighted by Gasteiger charge is -2.12. The van der Waals surface area contributed by atoms with Crippen LogP contribution in [0.25, 0.3) is 10.9 Å². The molecule has 0 fully saturated rings. The van der Waals surface area contributed by atoms with E-state index in [9.17, 15) is 0 Å². The maximum atomic E-state index is 5.33. The summed E-state index contributed by atoms with van der Waals surface area (Å²) >= 11 is 0. The molecule has 0 saturated heterocycles. The van der Waals surface area contributed by atoms with Crippen LogP contribution in [0.1, 0.15) is 12.5 Å². The Kier molecular flexibility index (Phi) is 5.59. The summed E-state index contributed by atoms with van der Waals surface area (Å²) in [5.41, 5.74) is 2.56. The highest BCUT2D eigenvalue weighted by Gasteiger charge is 2.05. The third kappa shape index (κ3) is 3.82. The highest BCUT2D eigenvalue weighted by Crippen LogP contribution is 2.18. The molecule has 20 heavy (non-hydrogen) atoms. The van der Waals surface area contributed by atoms with Crippen molar-refractivity contribution in [1.29, 1.82) is 0 Å². The maximum Gasteiger partial charge on any atom is 0.0722 e. The zero-order valence-electron chi connectivity index (χ0n) is 12.6. The molecular weight excluding hydrogens is 252 g/mol. The number of benzene rings is 1. The molecule has 0 saturated carbocycles. The molecule has 0 amide bonds. The lowest BCUT2D eigenvalue weighted by molar-refractivity contribution is 0.104. The van der Waals surface area contributed by atoms with Gasteiger partial charge in [0.15, 0.2) is 0 Å². The number of hydrogen-bond acceptors (Lipinski definition) is 3. The Balaban J connectivity index is 2.04. The summed E-state index contributed by atoms with van der Waals surface area (Å²) in [6.45, 7) is 5.46. The van der Waals surface area contributed by atoms with E-state index in [1.54, 1.807) is 14.2 Å². The molecule has 1 atom stereocenters. The Morgan fingerprint density at radius 2 is 2.10 bits per heavy atom. The summed E-state index contributed by atoms with van der Waals surface area (Å²) in [6, 6.07) is 8.76. The van der Waals surface area contributed by atoms with Crippen LogP contribution in [0.3, 0.4) is 0 Å². The van der Waals surface area contributed by atoms with Crippen LogP contribution in [0, 0.1) is 0 Å². The number of ether oxygens (including phenoxy) is 2. The van der Waals surface area contributed by atoms with Gasteiger partial charge in [-0.05, 0) is 36.1 Å². The maximum absolute atomic E-state index is 5.33. The molecule has 0 spiro atoms. The first-order valence-electron chi connectivity index (χ1n) is 7.05. The van der Waals surface area contributed by atoms with Crippen LogP contribution in [-0.4, -0.2) is 38.0 Å². The largest absolute Gasteiger partial charge is 0.383 e. The summed E-state index contributed by atoms with van der Waals surface area (Å²) in [4.78, 5) is 0. The van der Waals surface area contributed by atoms with Crippen molar-refractivity contribution in [3.05, 3.63) is 36.0 Å². The molecule has 0 bridgehead atoms. The predicted molar refractivity (Wildman–Crippen MR) is 82.0 cm³/mol. The smallest absolute Gasteiger partial charge is 0.0722 e. The van der Waals surface area contributed by atoms with E-state index in [1.165, 1.54) is 16.5 Å². The molecule has 0 aliphatic rings. The summed E-state index contributed by atoms with van der Waals surface area (Å²) in [5, 5.41) is 4.64. The summed E-state index contributed by atoms with van der Waals surface area (Å²) in [6.07, 6.45) is 2.35. The lowest BCUT2D eigenvalue weighted by atomic mass is 10.1. The third-order valence-electron chi connectivity index (χ3n) is 3.50. The van der Waals surface area contributed by atoms with Gasteiger partial charge >= 0.3 is 0 Å². The Bertz CT molecular complexity index is 536. The van der Waals surface area contributed by atoms with Crippen LogP contribution in [0.15, 0.2) is 30.5 Å². The number of nitrogens with zero attached hydrogens (tertiary/aromatic N) is 1. The molecular formula is C16H24N2O2. The van der Waals surface area contributed by atoms with Gasteiger partial charge < -0.3 is 19.4 Å². The molecule has 0 aliphatic carbocycles. The summed E-state index contributed by atoms with van der Waals surface area (Å²) in [7, 11) is 3.47. The number of hydrogen-bond donors (Lipinski definition) is 1. The van der Waals surface area contributed by atoms with Gasteiger partial charge in [-0.1, -0.05) is 6.07 Å². The van der Waals surface area contributed by atoms with Crippen LogP contribution in [0.2, 0.25) is 0 Å². The predicted octanol–water partition coefficient (Wildman–Crippen LogP) is 2.41. The highest BCUT2D eigenvalue weighted by molar-refractivity contribution is 5.80. The van der Waals surface area contributed by atoms with Crippen molar-refractivity contribution in [2.75, 3.05) is 27.4 Å². The molecule has 1 aromatic carbocycles. The van der Waals surface area contributed by atoms with Gasteiger partial charge in [0.25, 0.3) is 0 Å². The number of fused-ring (bicyclic) bond motifs is 1. The average molecular weight is 276 g/mol. The van der Waals surface area contributed by atoms with E-state index in [1.807, 2.05) is 0 Å². The van der Waals surface area contributed by atoms with E-state index in [4.69, 9.17) is 9.47 Å². The number of aromatic nitrogens is 1. The van der Waals surface area contributed by atoms with E-state index in [2.05, 4.69) is 47.3 Å². The second-order valence-corrected chi connectivity index (χ2v) is 5.08. The third-order valence-corrected chi connectivity index (χ3v) is 3.50. The molecule has 1 N–H and O–H groups in total. The monoisotopic (exact) mass is 276 g/mol. The van der Waals surface area contributed by atoms with Crippen LogP contribution in [0.4, 0.5) is 0 Å². The Morgan fingerprint density at radius 1 is 1.25 bits per heavy atom. The van der Waals surface area contributed by atoms with Crippen molar-refractivity contribution in [1.82, 2.24) is 9.88 Å². The zero-order valence-corrected chi connectivity index (χ0v) is 12.6. The SMILES string of the molecule is COCCNCc1ccc2c(ccn2CC(C)OC)c1. The number of nitrogens with one attached hydrogen (secondary N) is 1. The molecule has 110 valence electrons. The van der Waals surface area contributed by atoms with Gasteiger partial charge in [-0.3, -0.25) is 0 Å². The van der Waals surface area contributed by atoms with Gasteiger partial charge in [0.1, 0.15) is 0 Å². The quantitative estimate of drug-likeness (QED) is 0.752. The topological polar surface area (TPSA) is 35.4 Å². The molecule has 4 heteroatoms. The van der Waals surface area contributed by atoms with Gasteiger partial charge in [0.05, 0.1) is 12.7 Å². The molecule has 4 nitrogen and oxygen atoms in total. The van der Waals surface area contributed by atoms with Crippen LogP contribution in [0.5, 0.6) is 0 Å². The van der Waals surface area contributed by atoms with Gasteiger partial charge in [-0.25, -0.2) is 0 Å². The minimum Gasteiger partial charge on any atom is -0.383 e. The fourth-order valence-electron chi connectivity index (χ4n) is 2.28. The van der Waals surface area contributed by atoms with Crippen molar-refractivity contribution >= 4 is 10.9 Å². The van der Waals surface area contributed by atoms with Gasteiger partial charge in [-0.15, -0.1) is 0 Å². The average Bonchev–Trinajstić information content (AvgIpc) is 2.86. The summed E-state index contributed by atoms with van der Waals surface area (Å²) in [5.74, 6) is 0. The minimum atomic E-state index is 0.223. The van der Waals surface area contributed by atoms with E-state index >= 15 is 0 Å². The van der Waals surface area contributed by atoms with Gasteiger partial charge in [0.2, 0.25) is 0 Å². The van der Waals surface area contributed by atoms with Crippen LogP contribution >= 0.6 is 0 Å². The number of methoxy groups -OCH3 is 2. The minimum absolute atomic E-state index is 0.223. The highest BCUT2D eigenvalue weighted by atomic mass is 16.5. The molecule has 0 radical (unpaired) electrons. The molecule has 1 unspecified atom stereocenters. The summed E-state index contributed by atoms with van der Waals surface area (Å²) < 4.78 is 12.6. The zero-order chi connectivity index (χ0) is 14.4. The number of rotatable bonds is 8. The van der Waals surface area contributed by atoms with Crippen LogP contribution in [-0.2, 0) is 22.6 Å². The molecule has 1 aromatic heterocycles. The Morgan fingerprint density at radius 3 is 2.85 bits per heavy atom. The second kappa shape index (κ2) is 7.43. The van der Waals surface area contributed by atoms with Crippen molar-refractivity contribution in [3.63, 3.8) is 0 Å². The standard InChI is InChI=1S/C16H24N2O2/c1-13(20-3)12-18-8-6-15-10-14(4-5-16(15)18)11-17-7-9-19-2/h4-6,8,10,13,17H,7,9,11-12H2,1-3H3. The van der Waals surface area contributed by atoms with Crippen LogP contribution < -0.4 is 5.32 Å². The lowest BCUT2D eigenvalue weighted by Crippen LogP contribution is -2.18. The Hall–Kier alpha value is -1.36. The molecule has 2 rings (SSSR count). The first-order chi connectivity index (χ1) is 9.74. The molecule has 1 heterocycles. The fourth-order valence-corrected chi connectivity index (χ4v) is 2.28. The molecule has 2 aromatic rings. The first-order valence-corrected chi connectivity index (χ1v) is 7.05. The normalized spacial score (nSPS) is 12.9. The van der Waals surface area contributed by atoms with Gasteiger partial charge in [-0.2, -0.15) is 0 Å². The van der Waals surface area contributed by atoms with Crippen molar-refractivity contribution < 1.29 is 9.47 Å². The van der Waals surface area contributed by atoms with Crippen molar-refractivity contribution in [3.8, 4) is 0 Å². The van der Waals surface area contributed by atoms with E-state index < -0.39 is 0 Å². The van der Waals surface area contributed by atoms with E-state index in [0.29, 0.717) is 0 Å². The molecule has 0 aliphatic heterocycles. The second-order valence-electron chi connectivity index (χ2n) is 5.08. The Labute approximate surface area is 120 Å². The van der Waals surface area contributed by atoms with E-state index in [0.717, 1.165) is 26.2 Å². The fraction of sp³-hybridized carbons (Fsp3) is 0.500. The van der Waals surface area contributed by atoms with E-state index in [-0.39, 0.29) is 6.10 Å². The first kappa shape index (κ1) is 15.0. The van der Waals surface area contributed by atoms with Crippen molar-refractivity contribution in [2.24, 2.45) is 0 Å².